The van der Waals surface area contributed by atoms with Crippen LogP contribution >= 0.6 is 11.6 Å². The average Bonchev–Trinajstić information content (AvgIpc) is 2.80. The van der Waals surface area contributed by atoms with Crippen LogP contribution in [0.3, 0.4) is 0 Å². The molecule has 0 spiro atoms. The van der Waals surface area contributed by atoms with Gasteiger partial charge in [0.25, 0.3) is 5.91 Å². The van der Waals surface area contributed by atoms with Crippen molar-refractivity contribution < 1.29 is 53.5 Å². The number of rotatable bonds is 7. The molecule has 0 aliphatic heterocycles. The maximum atomic E-state index is 14.9. The van der Waals surface area contributed by atoms with Gasteiger partial charge in [-0.25, -0.2) is 4.39 Å². The molecule has 0 saturated carbocycles. The SMILES string of the molecule is Cc1cc(C(C=C(F)c2ccc(C(=O)NCC(=O)NCC(F)(F)F)c(C(F)(F)F)c2)C(F)(F)F)cc(C)c1Cl. The third-order valence-electron chi connectivity index (χ3n) is 5.22. The predicted octanol–water partition coefficient (Wildman–Crippen LogP) is 7.04. The van der Waals surface area contributed by atoms with Gasteiger partial charge in [-0.2, -0.15) is 39.5 Å². The van der Waals surface area contributed by atoms with Gasteiger partial charge in [0.1, 0.15) is 18.3 Å². The first-order chi connectivity index (χ1) is 17.7. The Balaban J connectivity index is 2.41. The molecule has 1 atom stereocenters. The van der Waals surface area contributed by atoms with Crippen LogP contribution in [0, 0.1) is 13.8 Å². The number of carbonyl (C=O) groups excluding carboxylic acids is 2. The molecule has 0 aliphatic rings. The van der Waals surface area contributed by atoms with Crippen molar-refractivity contribution in [1.29, 1.82) is 0 Å². The number of benzene rings is 2. The van der Waals surface area contributed by atoms with Gasteiger partial charge in [0.2, 0.25) is 5.91 Å². The van der Waals surface area contributed by atoms with E-state index in [1.54, 1.807) is 5.32 Å². The van der Waals surface area contributed by atoms with Crippen molar-refractivity contribution >= 4 is 29.2 Å². The van der Waals surface area contributed by atoms with Gasteiger partial charge in [-0.05, 0) is 48.7 Å². The minimum absolute atomic E-state index is 0.0857. The second kappa shape index (κ2) is 11.8. The van der Waals surface area contributed by atoms with E-state index in [0.717, 1.165) is 12.1 Å². The Morgan fingerprint density at radius 3 is 1.97 bits per heavy atom. The second-order valence-electron chi connectivity index (χ2n) is 8.34. The highest BCUT2D eigenvalue weighted by Crippen LogP contribution is 2.41. The van der Waals surface area contributed by atoms with Crippen LogP contribution in [-0.4, -0.2) is 37.3 Å². The van der Waals surface area contributed by atoms with Crippen LogP contribution in [0.4, 0.5) is 43.9 Å². The summed E-state index contributed by atoms with van der Waals surface area (Å²) in [6, 6.07) is 3.32. The summed E-state index contributed by atoms with van der Waals surface area (Å²) < 4.78 is 134. The standard InChI is InChI=1S/C24H19ClF10N2O2/c1-11-5-14(6-12(2)20(11)25)16(23(30,31)32)8-18(26)13-3-4-15(17(7-13)24(33,34)35)21(39)36-9-19(38)37-10-22(27,28)29/h3-8,16H,9-10H2,1-2H3,(H,36,39)(H,37,38). The zero-order valence-corrected chi connectivity index (χ0v) is 20.7. The number of amides is 2. The summed E-state index contributed by atoms with van der Waals surface area (Å²) in [6.45, 7) is -0.0172. The maximum Gasteiger partial charge on any atom is 0.417 e. The number of carbonyl (C=O) groups is 2. The van der Waals surface area contributed by atoms with E-state index in [0.29, 0.717) is 12.1 Å². The van der Waals surface area contributed by atoms with Gasteiger partial charge in [0, 0.05) is 10.6 Å². The first-order valence-corrected chi connectivity index (χ1v) is 11.1. The van der Waals surface area contributed by atoms with Crippen molar-refractivity contribution in [1.82, 2.24) is 10.6 Å². The molecule has 0 radical (unpaired) electrons. The topological polar surface area (TPSA) is 58.2 Å². The second-order valence-corrected chi connectivity index (χ2v) is 8.71. The number of nitrogens with one attached hydrogen (secondary N) is 2. The number of allylic oxidation sites excluding steroid dienone is 1. The van der Waals surface area contributed by atoms with Crippen molar-refractivity contribution in [2.24, 2.45) is 0 Å². The Hall–Kier alpha value is -3.29. The lowest BCUT2D eigenvalue weighted by atomic mass is 9.93. The lowest BCUT2D eigenvalue weighted by Gasteiger charge is -2.20. The van der Waals surface area contributed by atoms with Crippen LogP contribution < -0.4 is 10.6 Å². The lowest BCUT2D eigenvalue weighted by molar-refractivity contribution is -0.140. The minimum atomic E-state index is -5.30. The molecule has 0 heterocycles. The van der Waals surface area contributed by atoms with Crippen LogP contribution in [0.5, 0.6) is 0 Å². The molecule has 39 heavy (non-hydrogen) atoms. The Kier molecular flexibility index (Phi) is 9.69. The fraction of sp³-hybridized carbons (Fsp3) is 0.333. The molecule has 1 unspecified atom stereocenters. The highest BCUT2D eigenvalue weighted by molar-refractivity contribution is 6.32. The van der Waals surface area contributed by atoms with E-state index in [9.17, 15) is 53.5 Å². The number of hydrogen-bond acceptors (Lipinski definition) is 2. The third-order valence-corrected chi connectivity index (χ3v) is 5.82. The smallest absolute Gasteiger partial charge is 0.345 e. The Labute approximate surface area is 220 Å². The van der Waals surface area contributed by atoms with Gasteiger partial charge in [0.05, 0.1) is 17.7 Å². The first-order valence-electron chi connectivity index (χ1n) is 10.7. The van der Waals surface area contributed by atoms with E-state index >= 15 is 0 Å². The van der Waals surface area contributed by atoms with Crippen LogP contribution in [-0.2, 0) is 11.0 Å². The van der Waals surface area contributed by atoms with E-state index in [-0.39, 0.29) is 28.3 Å². The quantitative estimate of drug-likeness (QED) is 0.339. The third kappa shape index (κ3) is 8.87. The molecule has 2 N–H and O–H groups in total. The zero-order chi connectivity index (χ0) is 29.9. The van der Waals surface area contributed by atoms with Crippen molar-refractivity contribution in [3.63, 3.8) is 0 Å². The fourth-order valence-corrected chi connectivity index (χ4v) is 3.53. The van der Waals surface area contributed by atoms with E-state index in [1.807, 2.05) is 0 Å². The normalized spacial score (nSPS) is 13.7. The monoisotopic (exact) mass is 592 g/mol. The summed E-state index contributed by atoms with van der Waals surface area (Å²) in [5.74, 6) is -7.13. The van der Waals surface area contributed by atoms with Gasteiger partial charge in [-0.15, -0.1) is 0 Å². The molecule has 4 nitrogen and oxygen atoms in total. The summed E-state index contributed by atoms with van der Waals surface area (Å²) in [6.07, 6.45) is -15.0. The van der Waals surface area contributed by atoms with Crippen LogP contribution in [0.25, 0.3) is 5.83 Å². The molecule has 2 aromatic rings. The molecule has 2 aromatic carbocycles. The molecule has 0 saturated heterocycles. The van der Waals surface area contributed by atoms with Crippen molar-refractivity contribution in [2.45, 2.75) is 38.3 Å². The average molecular weight is 593 g/mol. The number of hydrogen-bond donors (Lipinski definition) is 2. The van der Waals surface area contributed by atoms with Crippen LogP contribution in [0.1, 0.15) is 44.1 Å². The first kappa shape index (κ1) is 31.9. The Bertz CT molecular complexity index is 1240. The predicted molar refractivity (Wildman–Crippen MR) is 122 cm³/mol. The Morgan fingerprint density at radius 1 is 0.923 bits per heavy atom. The maximum absolute atomic E-state index is 14.9. The zero-order valence-electron chi connectivity index (χ0n) is 19.9. The van der Waals surface area contributed by atoms with Crippen molar-refractivity contribution in [3.05, 3.63) is 74.8 Å². The van der Waals surface area contributed by atoms with Gasteiger partial charge < -0.3 is 10.6 Å². The molecule has 214 valence electrons. The molecule has 0 bridgehead atoms. The number of alkyl halides is 9. The molecule has 15 heteroatoms. The summed E-state index contributed by atoms with van der Waals surface area (Å²) in [5, 5.41) is 3.28. The molecule has 2 amide bonds. The minimum Gasteiger partial charge on any atom is -0.345 e. The van der Waals surface area contributed by atoms with E-state index < -0.39 is 77.4 Å². The summed E-state index contributed by atoms with van der Waals surface area (Å²) in [4.78, 5) is 23.6. The summed E-state index contributed by atoms with van der Waals surface area (Å²) in [7, 11) is 0. The number of halogens is 11. The van der Waals surface area contributed by atoms with E-state index in [1.165, 1.54) is 19.2 Å². The molecule has 0 aliphatic carbocycles. The van der Waals surface area contributed by atoms with Gasteiger partial charge in [0.15, 0.2) is 0 Å². The summed E-state index contributed by atoms with van der Waals surface area (Å²) in [5.41, 5.74) is -3.71. The lowest BCUT2D eigenvalue weighted by Crippen LogP contribution is -2.41. The fourth-order valence-electron chi connectivity index (χ4n) is 3.42. The highest BCUT2D eigenvalue weighted by atomic mass is 35.5. The molecule has 0 fully saturated rings. The van der Waals surface area contributed by atoms with E-state index in [4.69, 9.17) is 11.6 Å². The summed E-state index contributed by atoms with van der Waals surface area (Å²) >= 11 is 5.97. The van der Waals surface area contributed by atoms with Gasteiger partial charge in [-0.3, -0.25) is 9.59 Å². The van der Waals surface area contributed by atoms with Crippen LogP contribution in [0.15, 0.2) is 36.4 Å². The highest BCUT2D eigenvalue weighted by Gasteiger charge is 2.41. The Morgan fingerprint density at radius 2 is 1.49 bits per heavy atom. The van der Waals surface area contributed by atoms with Crippen LogP contribution in [0.2, 0.25) is 5.02 Å². The van der Waals surface area contributed by atoms with Gasteiger partial charge >= 0.3 is 18.5 Å². The molecule has 0 aromatic heterocycles. The van der Waals surface area contributed by atoms with E-state index in [2.05, 4.69) is 0 Å². The largest absolute Gasteiger partial charge is 0.417 e. The molecule has 2 rings (SSSR count). The van der Waals surface area contributed by atoms with Crippen molar-refractivity contribution in [3.8, 4) is 0 Å². The van der Waals surface area contributed by atoms with Crippen molar-refractivity contribution in [2.75, 3.05) is 13.1 Å². The van der Waals surface area contributed by atoms with Gasteiger partial charge in [-0.1, -0.05) is 29.8 Å². The number of aryl methyl sites for hydroxylation is 2. The molecular formula is C24H19ClF10N2O2. The molecular weight excluding hydrogens is 574 g/mol.